The second kappa shape index (κ2) is 4.97. The van der Waals surface area contributed by atoms with Crippen molar-refractivity contribution in [3.8, 4) is 0 Å². The van der Waals surface area contributed by atoms with E-state index in [1.54, 1.807) is 0 Å². The van der Waals surface area contributed by atoms with Crippen LogP contribution in [0.5, 0.6) is 0 Å². The highest BCUT2D eigenvalue weighted by atomic mass is 14.9. The molecule has 1 aromatic carbocycles. The van der Waals surface area contributed by atoms with Crippen LogP contribution in [0.25, 0.3) is 10.9 Å². The van der Waals surface area contributed by atoms with Crippen molar-refractivity contribution in [3.05, 3.63) is 36.0 Å². The van der Waals surface area contributed by atoms with E-state index < -0.39 is 0 Å². The Morgan fingerprint density at radius 3 is 2.56 bits per heavy atom. The number of nitrogens with zero attached hydrogens (tertiary/aromatic N) is 1. The fourth-order valence-electron chi connectivity index (χ4n) is 1.97. The molecule has 1 heterocycles. The van der Waals surface area contributed by atoms with Gasteiger partial charge in [-0.3, -0.25) is 4.98 Å². The molecule has 2 aromatic rings. The largest absolute Gasteiger partial charge is 0.384 e. The van der Waals surface area contributed by atoms with E-state index in [9.17, 15) is 0 Å². The summed E-state index contributed by atoms with van der Waals surface area (Å²) in [6.45, 7) is 9.79. The number of para-hydroxylation sites is 1. The molecule has 0 bridgehead atoms. The van der Waals surface area contributed by atoms with Gasteiger partial charge in [-0.2, -0.15) is 0 Å². The molecule has 0 aliphatic carbocycles. The van der Waals surface area contributed by atoms with Crippen LogP contribution in [0.3, 0.4) is 0 Å². The van der Waals surface area contributed by atoms with Crippen LogP contribution >= 0.6 is 0 Å². The summed E-state index contributed by atoms with van der Waals surface area (Å²) in [7, 11) is 0. The van der Waals surface area contributed by atoms with Crippen LogP contribution in [0.1, 0.15) is 39.8 Å². The van der Waals surface area contributed by atoms with Crippen LogP contribution in [0.15, 0.2) is 30.3 Å². The zero-order chi connectivity index (χ0) is 13.2. The number of pyridine rings is 1. The number of rotatable bonds is 3. The van der Waals surface area contributed by atoms with Crippen LogP contribution < -0.4 is 5.32 Å². The minimum Gasteiger partial charge on any atom is -0.384 e. The van der Waals surface area contributed by atoms with Crippen LogP contribution in [0.4, 0.5) is 5.69 Å². The maximum atomic E-state index is 4.78. The molecule has 0 amide bonds. The van der Waals surface area contributed by atoms with Crippen LogP contribution in [0.2, 0.25) is 0 Å². The van der Waals surface area contributed by atoms with Crippen molar-refractivity contribution in [2.45, 2.75) is 39.5 Å². The molecule has 18 heavy (non-hydrogen) atoms. The van der Waals surface area contributed by atoms with Crippen LogP contribution in [-0.4, -0.2) is 11.5 Å². The third-order valence-corrected chi connectivity index (χ3v) is 3.05. The van der Waals surface area contributed by atoms with Gasteiger partial charge in [-0.25, -0.2) is 0 Å². The van der Waals surface area contributed by atoms with Crippen molar-refractivity contribution in [1.82, 2.24) is 4.98 Å². The Balaban J connectivity index is 2.57. The first kappa shape index (κ1) is 12.9. The Morgan fingerprint density at radius 1 is 1.17 bits per heavy atom. The number of hydrogen-bond acceptors (Lipinski definition) is 2. The van der Waals surface area contributed by atoms with E-state index in [1.807, 2.05) is 6.07 Å². The van der Waals surface area contributed by atoms with Gasteiger partial charge in [-0.05, 0) is 18.6 Å². The molecular formula is C16H22N2. The molecule has 0 unspecified atom stereocenters. The fourth-order valence-corrected chi connectivity index (χ4v) is 1.97. The van der Waals surface area contributed by atoms with Gasteiger partial charge in [0.25, 0.3) is 0 Å². The molecule has 2 rings (SSSR count). The number of anilines is 1. The second-order valence-electron chi connectivity index (χ2n) is 5.75. The average Bonchev–Trinajstić information content (AvgIpc) is 2.34. The van der Waals surface area contributed by atoms with Crippen molar-refractivity contribution in [2.75, 3.05) is 11.9 Å². The molecule has 96 valence electrons. The number of fused-ring (bicyclic) bond motifs is 1. The molecule has 1 aromatic heterocycles. The Morgan fingerprint density at radius 2 is 1.89 bits per heavy atom. The molecule has 0 saturated carbocycles. The van der Waals surface area contributed by atoms with E-state index in [-0.39, 0.29) is 5.41 Å². The summed E-state index contributed by atoms with van der Waals surface area (Å²) < 4.78 is 0. The maximum absolute atomic E-state index is 4.78. The van der Waals surface area contributed by atoms with Gasteiger partial charge >= 0.3 is 0 Å². The molecule has 0 saturated heterocycles. The van der Waals surface area contributed by atoms with Gasteiger partial charge in [0.1, 0.15) is 0 Å². The topological polar surface area (TPSA) is 24.9 Å². The molecule has 0 radical (unpaired) electrons. The lowest BCUT2D eigenvalue weighted by atomic mass is 9.90. The minimum atomic E-state index is 0.0761. The summed E-state index contributed by atoms with van der Waals surface area (Å²) in [5.74, 6) is 0. The van der Waals surface area contributed by atoms with E-state index in [2.05, 4.69) is 57.3 Å². The van der Waals surface area contributed by atoms with Crippen molar-refractivity contribution in [1.29, 1.82) is 0 Å². The van der Waals surface area contributed by atoms with E-state index in [0.717, 1.165) is 24.2 Å². The predicted molar refractivity (Wildman–Crippen MR) is 79.2 cm³/mol. The summed E-state index contributed by atoms with van der Waals surface area (Å²) in [6, 6.07) is 10.5. The summed E-state index contributed by atoms with van der Waals surface area (Å²) in [5.41, 5.74) is 3.49. The smallest absolute Gasteiger partial charge is 0.0726 e. The molecule has 1 N–H and O–H groups in total. The first-order chi connectivity index (χ1) is 8.52. The fraction of sp³-hybridized carbons (Fsp3) is 0.438. The number of benzene rings is 1. The molecule has 0 aliphatic rings. The summed E-state index contributed by atoms with van der Waals surface area (Å²) >= 11 is 0. The number of nitrogens with one attached hydrogen (secondary N) is 1. The van der Waals surface area contributed by atoms with E-state index >= 15 is 0 Å². The highest BCUT2D eigenvalue weighted by Gasteiger charge is 2.17. The lowest BCUT2D eigenvalue weighted by Crippen LogP contribution is -2.14. The quantitative estimate of drug-likeness (QED) is 0.865. The number of hydrogen-bond donors (Lipinski definition) is 1. The molecular weight excluding hydrogens is 220 g/mol. The third kappa shape index (κ3) is 2.63. The van der Waals surface area contributed by atoms with Crippen molar-refractivity contribution < 1.29 is 0 Å². The molecule has 2 nitrogen and oxygen atoms in total. The summed E-state index contributed by atoms with van der Waals surface area (Å²) in [5, 5.41) is 4.72. The molecule has 0 atom stereocenters. The van der Waals surface area contributed by atoms with E-state index in [1.165, 1.54) is 11.1 Å². The van der Waals surface area contributed by atoms with E-state index in [0.29, 0.717) is 0 Å². The Labute approximate surface area is 109 Å². The predicted octanol–water partition coefficient (Wildman–Crippen LogP) is 4.35. The van der Waals surface area contributed by atoms with Gasteiger partial charge < -0.3 is 5.32 Å². The summed E-state index contributed by atoms with van der Waals surface area (Å²) in [4.78, 5) is 4.78. The van der Waals surface area contributed by atoms with Crippen molar-refractivity contribution in [3.63, 3.8) is 0 Å². The zero-order valence-corrected chi connectivity index (χ0v) is 11.7. The van der Waals surface area contributed by atoms with E-state index in [4.69, 9.17) is 4.98 Å². The SMILES string of the molecule is CCCNc1cc(C(C)(C)C)nc2ccccc12. The van der Waals surface area contributed by atoms with Gasteiger partial charge in [-0.15, -0.1) is 0 Å². The minimum absolute atomic E-state index is 0.0761. The van der Waals surface area contributed by atoms with Gasteiger partial charge in [0.05, 0.1) is 5.52 Å². The van der Waals surface area contributed by atoms with Crippen LogP contribution in [-0.2, 0) is 5.41 Å². The standard InChI is InChI=1S/C16H22N2/c1-5-10-17-14-11-15(16(2,3)4)18-13-9-7-6-8-12(13)14/h6-9,11H,5,10H2,1-4H3,(H,17,18). The van der Waals surface area contributed by atoms with Crippen molar-refractivity contribution in [2.24, 2.45) is 0 Å². The third-order valence-electron chi connectivity index (χ3n) is 3.05. The first-order valence-electron chi connectivity index (χ1n) is 6.66. The van der Waals surface area contributed by atoms with Gasteiger partial charge in [0, 0.05) is 28.7 Å². The molecule has 0 fully saturated rings. The van der Waals surface area contributed by atoms with Gasteiger partial charge in [0.15, 0.2) is 0 Å². The zero-order valence-electron chi connectivity index (χ0n) is 11.7. The summed E-state index contributed by atoms with van der Waals surface area (Å²) in [6.07, 6.45) is 1.13. The Bertz CT molecular complexity index is 538. The normalized spacial score (nSPS) is 11.8. The average molecular weight is 242 g/mol. The maximum Gasteiger partial charge on any atom is 0.0726 e. The van der Waals surface area contributed by atoms with Crippen LogP contribution in [0, 0.1) is 0 Å². The van der Waals surface area contributed by atoms with Gasteiger partial charge in [-0.1, -0.05) is 45.9 Å². The highest BCUT2D eigenvalue weighted by molar-refractivity contribution is 5.91. The monoisotopic (exact) mass is 242 g/mol. The van der Waals surface area contributed by atoms with Gasteiger partial charge in [0.2, 0.25) is 0 Å². The Kier molecular flexibility index (Phi) is 3.55. The lowest BCUT2D eigenvalue weighted by Gasteiger charge is -2.20. The Hall–Kier alpha value is -1.57. The first-order valence-corrected chi connectivity index (χ1v) is 6.66. The molecule has 2 heteroatoms. The molecule has 0 aliphatic heterocycles. The highest BCUT2D eigenvalue weighted by Crippen LogP contribution is 2.29. The lowest BCUT2D eigenvalue weighted by molar-refractivity contribution is 0.572. The van der Waals surface area contributed by atoms with Crippen molar-refractivity contribution >= 4 is 16.6 Å². The molecule has 0 spiro atoms. The second-order valence-corrected chi connectivity index (χ2v) is 5.75. The number of aromatic nitrogens is 1.